The number of hydrogen-bond donors (Lipinski definition) is 0. The highest BCUT2D eigenvalue weighted by Crippen LogP contribution is 2.36. The van der Waals surface area contributed by atoms with Gasteiger partial charge in [0.05, 0.1) is 0 Å². The summed E-state index contributed by atoms with van der Waals surface area (Å²) >= 11 is 1.87. The highest BCUT2D eigenvalue weighted by Gasteiger charge is 2.23. The van der Waals surface area contributed by atoms with Crippen molar-refractivity contribution >= 4 is 17.6 Å². The molecular formula is C17H19NS. The van der Waals surface area contributed by atoms with E-state index >= 15 is 0 Å². The monoisotopic (exact) mass is 269 g/mol. The van der Waals surface area contributed by atoms with Crippen LogP contribution in [0.4, 0.5) is 5.69 Å². The van der Waals surface area contributed by atoms with E-state index in [2.05, 4.69) is 65.0 Å². The third-order valence-corrected chi connectivity index (χ3v) is 4.80. The van der Waals surface area contributed by atoms with Crippen molar-refractivity contribution in [3.05, 3.63) is 60.7 Å². The average molecular weight is 269 g/mol. The minimum absolute atomic E-state index is 0.674. The maximum atomic E-state index is 2.50. The third-order valence-electron chi connectivity index (χ3n) is 3.61. The zero-order valence-corrected chi connectivity index (χ0v) is 11.9. The summed E-state index contributed by atoms with van der Waals surface area (Å²) in [5.41, 5.74) is 1.32. The van der Waals surface area contributed by atoms with Gasteiger partial charge < -0.3 is 4.31 Å². The quantitative estimate of drug-likeness (QED) is 0.707. The molecule has 0 bridgehead atoms. The molecule has 19 heavy (non-hydrogen) atoms. The van der Waals surface area contributed by atoms with Gasteiger partial charge in [-0.1, -0.05) is 49.2 Å². The van der Waals surface area contributed by atoms with Crippen molar-refractivity contribution in [3.63, 3.8) is 0 Å². The molecule has 2 aromatic rings. The summed E-state index contributed by atoms with van der Waals surface area (Å²) < 4.78 is 2.50. The minimum Gasteiger partial charge on any atom is -0.309 e. The lowest BCUT2D eigenvalue weighted by Crippen LogP contribution is -2.26. The molecule has 1 nitrogen and oxygen atoms in total. The van der Waals surface area contributed by atoms with Crippen molar-refractivity contribution in [1.82, 2.24) is 0 Å². The number of rotatable bonds is 4. The van der Waals surface area contributed by atoms with Gasteiger partial charge in [0.1, 0.15) is 0 Å². The van der Waals surface area contributed by atoms with Crippen molar-refractivity contribution in [3.8, 4) is 0 Å². The Bertz CT molecular complexity index is 491. The van der Waals surface area contributed by atoms with Crippen molar-refractivity contribution in [2.75, 3.05) is 4.31 Å². The molecule has 0 saturated heterocycles. The Hall–Kier alpha value is -1.41. The van der Waals surface area contributed by atoms with Crippen LogP contribution in [0.15, 0.2) is 65.6 Å². The molecular weight excluding hydrogens is 250 g/mol. The van der Waals surface area contributed by atoms with Gasteiger partial charge in [0, 0.05) is 16.6 Å². The second-order valence-electron chi connectivity index (χ2n) is 5.00. The number of para-hydroxylation sites is 1. The fraction of sp³-hybridized carbons (Fsp3) is 0.294. The van der Waals surface area contributed by atoms with E-state index in [1.165, 1.54) is 36.3 Å². The molecule has 0 radical (unpaired) electrons. The highest BCUT2D eigenvalue weighted by atomic mass is 32.2. The minimum atomic E-state index is 0.674. The normalized spacial score (nSPS) is 15.6. The fourth-order valence-corrected chi connectivity index (χ4v) is 3.74. The lowest BCUT2D eigenvalue weighted by molar-refractivity contribution is 0.710. The van der Waals surface area contributed by atoms with Crippen LogP contribution in [-0.2, 0) is 0 Å². The summed E-state index contributed by atoms with van der Waals surface area (Å²) in [6.45, 7) is 0. The largest absolute Gasteiger partial charge is 0.309 e. The van der Waals surface area contributed by atoms with Crippen molar-refractivity contribution in [2.45, 2.75) is 36.6 Å². The molecule has 2 aromatic carbocycles. The van der Waals surface area contributed by atoms with Crippen LogP contribution < -0.4 is 4.31 Å². The van der Waals surface area contributed by atoms with Gasteiger partial charge in [-0.25, -0.2) is 0 Å². The van der Waals surface area contributed by atoms with E-state index in [4.69, 9.17) is 0 Å². The van der Waals surface area contributed by atoms with Crippen LogP contribution in [-0.4, -0.2) is 6.04 Å². The van der Waals surface area contributed by atoms with E-state index in [-0.39, 0.29) is 0 Å². The molecule has 0 aliphatic heterocycles. The van der Waals surface area contributed by atoms with Gasteiger partial charge in [0.2, 0.25) is 0 Å². The molecule has 0 aromatic heterocycles. The SMILES string of the molecule is c1ccc(SN(c2ccccc2)C2CCCC2)cc1. The third kappa shape index (κ3) is 3.13. The number of hydrogen-bond acceptors (Lipinski definition) is 2. The summed E-state index contributed by atoms with van der Waals surface area (Å²) in [4.78, 5) is 1.32. The predicted molar refractivity (Wildman–Crippen MR) is 83.5 cm³/mol. The number of benzene rings is 2. The Labute approximate surface area is 119 Å². The van der Waals surface area contributed by atoms with E-state index in [1.54, 1.807) is 0 Å². The average Bonchev–Trinajstić information content (AvgIpc) is 3.01. The zero-order valence-electron chi connectivity index (χ0n) is 11.0. The summed E-state index contributed by atoms with van der Waals surface area (Å²) in [6.07, 6.45) is 5.36. The lowest BCUT2D eigenvalue weighted by Gasteiger charge is -2.29. The van der Waals surface area contributed by atoms with Crippen molar-refractivity contribution < 1.29 is 0 Å². The van der Waals surface area contributed by atoms with Crippen molar-refractivity contribution in [1.29, 1.82) is 0 Å². The van der Waals surface area contributed by atoms with Gasteiger partial charge in [0.25, 0.3) is 0 Å². The maximum absolute atomic E-state index is 2.50. The number of nitrogens with zero attached hydrogens (tertiary/aromatic N) is 1. The predicted octanol–water partition coefficient (Wildman–Crippen LogP) is 5.14. The summed E-state index contributed by atoms with van der Waals surface area (Å²) in [5, 5.41) is 0. The first-order valence-corrected chi connectivity index (χ1v) is 7.78. The van der Waals surface area contributed by atoms with Gasteiger partial charge in [0.15, 0.2) is 0 Å². The van der Waals surface area contributed by atoms with E-state index in [0.717, 1.165) is 0 Å². The second kappa shape index (κ2) is 6.16. The Morgan fingerprint density at radius 2 is 1.37 bits per heavy atom. The molecule has 0 amide bonds. The fourth-order valence-electron chi connectivity index (χ4n) is 2.65. The molecule has 1 fully saturated rings. The Balaban J connectivity index is 1.84. The molecule has 0 spiro atoms. The highest BCUT2D eigenvalue weighted by molar-refractivity contribution is 8.00. The zero-order chi connectivity index (χ0) is 12.9. The molecule has 0 atom stereocenters. The Kier molecular flexibility index (Phi) is 4.09. The van der Waals surface area contributed by atoms with Gasteiger partial charge >= 0.3 is 0 Å². The van der Waals surface area contributed by atoms with Crippen LogP contribution in [0.3, 0.4) is 0 Å². The standard InChI is InChI=1S/C17H19NS/c1-3-9-15(10-4-1)18(16-11-7-8-12-16)19-17-13-5-2-6-14-17/h1-6,9-10,13-14,16H,7-8,11-12H2. The van der Waals surface area contributed by atoms with E-state index < -0.39 is 0 Å². The summed E-state index contributed by atoms with van der Waals surface area (Å²) in [5.74, 6) is 0. The van der Waals surface area contributed by atoms with Crippen LogP contribution in [0.2, 0.25) is 0 Å². The van der Waals surface area contributed by atoms with Crippen LogP contribution in [0, 0.1) is 0 Å². The van der Waals surface area contributed by atoms with E-state index in [9.17, 15) is 0 Å². The topological polar surface area (TPSA) is 3.24 Å². The molecule has 98 valence electrons. The molecule has 0 unspecified atom stereocenters. The molecule has 1 aliphatic carbocycles. The van der Waals surface area contributed by atoms with Crippen LogP contribution >= 0.6 is 11.9 Å². The van der Waals surface area contributed by atoms with Gasteiger partial charge in [-0.3, -0.25) is 0 Å². The van der Waals surface area contributed by atoms with E-state index in [1.807, 2.05) is 11.9 Å². The van der Waals surface area contributed by atoms with E-state index in [0.29, 0.717) is 6.04 Å². The maximum Gasteiger partial charge on any atom is 0.0476 e. The molecule has 2 heteroatoms. The van der Waals surface area contributed by atoms with Gasteiger partial charge in [-0.15, -0.1) is 0 Å². The second-order valence-corrected chi connectivity index (χ2v) is 6.05. The number of anilines is 1. The van der Waals surface area contributed by atoms with Gasteiger partial charge in [-0.05, 0) is 49.1 Å². The van der Waals surface area contributed by atoms with Gasteiger partial charge in [-0.2, -0.15) is 0 Å². The summed E-state index contributed by atoms with van der Waals surface area (Å²) in [6, 6.07) is 22.1. The first kappa shape index (κ1) is 12.6. The molecule has 1 aliphatic rings. The Morgan fingerprint density at radius 3 is 2.00 bits per heavy atom. The van der Waals surface area contributed by atoms with Crippen molar-refractivity contribution in [2.24, 2.45) is 0 Å². The first-order chi connectivity index (χ1) is 9.43. The van der Waals surface area contributed by atoms with Crippen LogP contribution in [0.5, 0.6) is 0 Å². The molecule has 3 rings (SSSR count). The molecule has 0 N–H and O–H groups in total. The summed E-state index contributed by atoms with van der Waals surface area (Å²) in [7, 11) is 0. The molecule has 0 heterocycles. The smallest absolute Gasteiger partial charge is 0.0476 e. The Morgan fingerprint density at radius 1 is 0.789 bits per heavy atom. The van der Waals surface area contributed by atoms with Crippen LogP contribution in [0.25, 0.3) is 0 Å². The van der Waals surface area contributed by atoms with Crippen LogP contribution in [0.1, 0.15) is 25.7 Å². The molecule has 1 saturated carbocycles. The first-order valence-electron chi connectivity index (χ1n) is 7.01. The lowest BCUT2D eigenvalue weighted by atomic mass is 10.2.